The second-order valence-electron chi connectivity index (χ2n) is 20.3. The van der Waals surface area contributed by atoms with Crippen molar-refractivity contribution in [1.82, 2.24) is 10.6 Å². The van der Waals surface area contributed by atoms with Gasteiger partial charge in [-0.05, 0) is 135 Å². The molecule has 2 aliphatic heterocycles. The van der Waals surface area contributed by atoms with Crippen LogP contribution in [-0.2, 0) is 64.2 Å². The van der Waals surface area contributed by atoms with Gasteiger partial charge in [0.2, 0.25) is 11.8 Å². The van der Waals surface area contributed by atoms with Crippen LogP contribution in [0.2, 0.25) is 20.1 Å². The fraction of sp³-hybridized carbons (Fsp3) is 0.500. The zero-order valence-corrected chi connectivity index (χ0v) is 44.6. The number of fused-ring (bicyclic) bond motifs is 2. The summed E-state index contributed by atoms with van der Waals surface area (Å²) in [7, 11) is 0. The van der Waals surface area contributed by atoms with Crippen molar-refractivity contribution in [2.75, 3.05) is 85.3 Å². The number of benzene rings is 4. The van der Waals surface area contributed by atoms with Crippen LogP contribution in [0.5, 0.6) is 0 Å². The third kappa shape index (κ3) is 12.4. The summed E-state index contributed by atoms with van der Waals surface area (Å²) in [5.41, 5.74) is 5.28. The number of para-hydroxylation sites is 4. The molecule has 4 amide bonds. The summed E-state index contributed by atoms with van der Waals surface area (Å²) in [5, 5.41) is 7.66. The van der Waals surface area contributed by atoms with Gasteiger partial charge in [0.15, 0.2) is 0 Å². The normalized spacial score (nSPS) is 18.2. The van der Waals surface area contributed by atoms with Crippen LogP contribution in [0.1, 0.15) is 86.5 Å². The second-order valence-corrected chi connectivity index (χ2v) is 21.9. The molecule has 394 valence electrons. The number of carbonyl (C=O) groups excluding carboxylic acids is 4. The predicted octanol–water partition coefficient (Wildman–Crippen LogP) is 9.26. The molecule has 4 aliphatic carbocycles. The number of aryl methyl sites for hydroxylation is 2. The number of hydrogen-bond acceptors (Lipinski definition) is 10. The van der Waals surface area contributed by atoms with Crippen LogP contribution in [0, 0.1) is 0 Å². The summed E-state index contributed by atoms with van der Waals surface area (Å²) in [6, 6.07) is 24.5. The maximum atomic E-state index is 13.9. The van der Waals surface area contributed by atoms with E-state index in [-0.39, 0.29) is 49.7 Å². The van der Waals surface area contributed by atoms with Crippen LogP contribution in [0.4, 0.5) is 22.7 Å². The van der Waals surface area contributed by atoms with Crippen molar-refractivity contribution < 1.29 is 38.1 Å². The number of nitrogens with one attached hydrogen (secondary N) is 2. The Morgan fingerprint density at radius 2 is 0.865 bits per heavy atom. The Kier molecular flexibility index (Phi) is 16.6. The highest BCUT2D eigenvalue weighted by molar-refractivity contribution is 6.34. The lowest BCUT2D eigenvalue weighted by molar-refractivity contribution is -0.134. The lowest BCUT2D eigenvalue weighted by atomic mass is 10.1. The van der Waals surface area contributed by atoms with Crippen molar-refractivity contribution in [3.8, 4) is 0 Å². The zero-order valence-electron chi connectivity index (χ0n) is 41.6. The van der Waals surface area contributed by atoms with Crippen LogP contribution in [0.25, 0.3) is 0 Å². The van der Waals surface area contributed by atoms with Gasteiger partial charge >= 0.3 is 0 Å². The highest BCUT2D eigenvalue weighted by Crippen LogP contribution is 2.48. The number of ether oxygens (including phenoxy) is 4. The molecule has 0 radical (unpaired) electrons. The van der Waals surface area contributed by atoms with E-state index in [0.29, 0.717) is 134 Å². The van der Waals surface area contributed by atoms with E-state index in [9.17, 15) is 19.2 Å². The molecule has 2 heterocycles. The van der Waals surface area contributed by atoms with Gasteiger partial charge in [0.25, 0.3) is 11.8 Å². The third-order valence-corrected chi connectivity index (χ3v) is 16.3. The first kappa shape index (κ1) is 52.8. The average Bonchev–Trinajstić information content (AvgIpc) is 4.17. The molecule has 0 aromatic heterocycles. The molecule has 4 aromatic rings. The lowest BCUT2D eigenvalue weighted by Gasteiger charge is -2.39. The quantitative estimate of drug-likeness (QED) is 0.0617. The van der Waals surface area contributed by atoms with Crippen LogP contribution in [0.3, 0.4) is 0 Å². The number of carbonyl (C=O) groups is 4. The van der Waals surface area contributed by atoms with E-state index in [1.54, 1.807) is 24.3 Å². The molecule has 6 aliphatic rings. The lowest BCUT2D eigenvalue weighted by Crippen LogP contribution is -2.49. The zero-order chi connectivity index (χ0) is 51.4. The Bertz CT molecular complexity index is 2550. The van der Waals surface area contributed by atoms with E-state index in [4.69, 9.17) is 65.4 Å². The monoisotopic (exact) mass is 1090 g/mol. The van der Waals surface area contributed by atoms with Crippen molar-refractivity contribution >= 4 is 92.8 Å². The summed E-state index contributed by atoms with van der Waals surface area (Å²) in [6.45, 7) is 5.17. The topological polar surface area (TPSA) is 142 Å². The Balaban J connectivity index is 0.564. The van der Waals surface area contributed by atoms with Crippen molar-refractivity contribution in [2.24, 2.45) is 0 Å². The molecule has 18 heteroatoms. The smallest absolute Gasteiger partial charge is 0.259 e. The maximum absolute atomic E-state index is 13.9. The number of hydrogen-bond donors (Lipinski definition) is 2. The van der Waals surface area contributed by atoms with Crippen molar-refractivity contribution in [3.05, 3.63) is 115 Å². The summed E-state index contributed by atoms with van der Waals surface area (Å²) in [5.74, 6) is -0.295. The van der Waals surface area contributed by atoms with Gasteiger partial charge < -0.3 is 49.2 Å². The summed E-state index contributed by atoms with van der Waals surface area (Å²) in [6.07, 6.45) is 8.65. The molecule has 0 spiro atoms. The second kappa shape index (κ2) is 23.3. The van der Waals surface area contributed by atoms with Crippen LogP contribution in [-0.4, -0.2) is 113 Å². The molecule has 0 atom stereocenters. The fourth-order valence-corrected chi connectivity index (χ4v) is 11.1. The molecular formula is C56H64Cl4N6O8. The predicted molar refractivity (Wildman–Crippen MR) is 289 cm³/mol. The Labute approximate surface area is 453 Å². The van der Waals surface area contributed by atoms with Crippen LogP contribution < -0.4 is 30.2 Å². The van der Waals surface area contributed by atoms with Crippen molar-refractivity contribution in [1.29, 1.82) is 0 Å². The van der Waals surface area contributed by atoms with E-state index in [1.807, 2.05) is 46.2 Å². The Morgan fingerprint density at radius 3 is 1.24 bits per heavy atom. The first-order chi connectivity index (χ1) is 35.9. The largest absolute Gasteiger partial charge is 0.377 e. The third-order valence-electron chi connectivity index (χ3n) is 14.9. The van der Waals surface area contributed by atoms with Crippen molar-refractivity contribution in [2.45, 2.75) is 114 Å². The molecular weight excluding hydrogens is 1030 g/mol. The minimum atomic E-state index is -0.869. The van der Waals surface area contributed by atoms with Gasteiger partial charge in [-0.15, -0.1) is 0 Å². The Hall–Kier alpha value is -4.64. The summed E-state index contributed by atoms with van der Waals surface area (Å²) < 4.78 is 23.9. The molecule has 74 heavy (non-hydrogen) atoms. The van der Waals surface area contributed by atoms with Crippen LogP contribution >= 0.6 is 46.4 Å². The number of nitrogens with zero attached hydrogens (tertiary/aromatic N) is 4. The van der Waals surface area contributed by atoms with Crippen LogP contribution in [0.15, 0.2) is 72.8 Å². The number of anilines is 4. The van der Waals surface area contributed by atoms with Gasteiger partial charge in [0, 0.05) is 84.3 Å². The first-order valence-electron chi connectivity index (χ1n) is 26.2. The van der Waals surface area contributed by atoms with Crippen molar-refractivity contribution in [3.63, 3.8) is 0 Å². The SMILES string of the molecule is O=C(CCc1cc(Cl)c(COC2(C(=O)N3CCN(C4CC4)c4ccccc43)CC2)cc1Cl)NCCOCCOCCNC(=O)CCc1cc(Cl)c(COC2(C(=O)N3CCN(C4CC4)c4ccccc43)CC2)cc1Cl. The maximum Gasteiger partial charge on any atom is 0.259 e. The Morgan fingerprint density at radius 1 is 0.500 bits per heavy atom. The molecule has 2 N–H and O–H groups in total. The van der Waals surface area contributed by atoms with Gasteiger partial charge in [0.1, 0.15) is 11.2 Å². The molecule has 14 nitrogen and oxygen atoms in total. The number of halogens is 4. The minimum absolute atomic E-state index is 0.00589. The first-order valence-corrected chi connectivity index (χ1v) is 27.7. The molecule has 4 fully saturated rings. The average molecular weight is 1090 g/mol. The highest BCUT2D eigenvalue weighted by Gasteiger charge is 2.56. The molecule has 4 saturated carbocycles. The van der Waals surface area contributed by atoms with E-state index in [0.717, 1.165) is 47.0 Å². The van der Waals surface area contributed by atoms with E-state index < -0.39 is 11.2 Å². The van der Waals surface area contributed by atoms with Gasteiger partial charge in [-0.2, -0.15) is 0 Å². The molecule has 0 unspecified atom stereocenters. The van der Waals surface area contributed by atoms with Gasteiger partial charge in [0.05, 0.1) is 62.4 Å². The number of rotatable bonds is 25. The van der Waals surface area contributed by atoms with Gasteiger partial charge in [-0.3, -0.25) is 19.2 Å². The molecule has 10 rings (SSSR count). The fourth-order valence-electron chi connectivity index (χ4n) is 10.1. The van der Waals surface area contributed by atoms with Gasteiger partial charge in [-0.25, -0.2) is 0 Å². The van der Waals surface area contributed by atoms with E-state index in [2.05, 4.69) is 32.6 Å². The molecule has 4 aromatic carbocycles. The standard InChI is InChI=1S/C56H64Cl4N6O8/c57-43-33-39(35-73-55(17-18-55)53(69)65-25-23-63(41-11-12-41)47-5-1-3-7-49(47)65)45(59)31-37(43)9-15-51(67)61-21-27-71-29-30-72-28-22-62-52(68)16-10-38-32-46(60)40(34-44(38)58)36-74-56(19-20-56)54(70)66-26-24-64(42-13-14-42)48-6-2-4-8-50(48)66/h1-8,31-34,41-42H,9-30,35-36H2,(H,61,67)(H,62,68). The molecule has 0 saturated heterocycles. The van der Waals surface area contributed by atoms with Gasteiger partial charge in [-0.1, -0.05) is 70.7 Å². The molecule has 0 bridgehead atoms. The minimum Gasteiger partial charge on any atom is -0.377 e. The van der Waals surface area contributed by atoms with E-state index in [1.165, 1.54) is 25.7 Å². The highest BCUT2D eigenvalue weighted by atomic mass is 35.5. The summed E-state index contributed by atoms with van der Waals surface area (Å²) in [4.78, 5) is 61.7. The number of amides is 4. The summed E-state index contributed by atoms with van der Waals surface area (Å²) >= 11 is 26.7. The van der Waals surface area contributed by atoms with E-state index >= 15 is 0 Å².